The Morgan fingerprint density at radius 1 is 1.50 bits per heavy atom. The molecule has 0 bridgehead atoms. The lowest BCUT2D eigenvalue weighted by atomic mass is 10.1. The van der Waals surface area contributed by atoms with E-state index in [1.807, 2.05) is 4.90 Å². The summed E-state index contributed by atoms with van der Waals surface area (Å²) in [6, 6.07) is 1.15. The number of methoxy groups -OCH3 is 1. The normalized spacial score (nSPS) is 18.4. The van der Waals surface area contributed by atoms with Crippen LogP contribution in [0.15, 0.2) is 21.2 Å². The first-order chi connectivity index (χ1) is 14.5. The highest BCUT2D eigenvalue weighted by Gasteiger charge is 2.31. The van der Waals surface area contributed by atoms with Gasteiger partial charge in [0.05, 0.1) is 52.2 Å². The van der Waals surface area contributed by atoms with Crippen molar-refractivity contribution in [3.63, 3.8) is 0 Å². The maximum Gasteiger partial charge on any atom is 0.342 e. The van der Waals surface area contributed by atoms with Gasteiger partial charge in [-0.15, -0.1) is 11.3 Å². The summed E-state index contributed by atoms with van der Waals surface area (Å²) in [5, 5.41) is 12.5. The minimum absolute atomic E-state index is 0.0427. The molecule has 156 valence electrons. The second-order valence-electron chi connectivity index (χ2n) is 7.22. The number of nitrogens with zero attached hydrogens (tertiary/aromatic N) is 3. The molecule has 0 aliphatic carbocycles. The number of benzene rings is 1. The third kappa shape index (κ3) is 2.47. The summed E-state index contributed by atoms with van der Waals surface area (Å²) in [6.45, 7) is 1.70. The number of hydrogen-bond donors (Lipinski definition) is 1. The molecule has 0 radical (unpaired) electrons. The third-order valence-electron chi connectivity index (χ3n) is 5.59. The lowest BCUT2D eigenvalue weighted by molar-refractivity contribution is -0.0101. The van der Waals surface area contributed by atoms with E-state index in [9.17, 15) is 14.7 Å². The molecule has 1 aliphatic rings. The van der Waals surface area contributed by atoms with Crippen LogP contribution in [0.5, 0.6) is 0 Å². The van der Waals surface area contributed by atoms with E-state index in [1.54, 1.807) is 23.9 Å². The van der Waals surface area contributed by atoms with Crippen LogP contribution in [-0.4, -0.2) is 62.0 Å². The van der Waals surface area contributed by atoms with E-state index in [0.717, 1.165) is 6.07 Å². The maximum atomic E-state index is 15.5. The van der Waals surface area contributed by atoms with Crippen LogP contribution in [0.1, 0.15) is 10.4 Å². The molecular formula is C20H18FN3O5S. The number of carbonyl (C=O) groups is 1. The number of hydrogen-bond acceptors (Lipinski definition) is 7. The smallest absolute Gasteiger partial charge is 0.342 e. The van der Waals surface area contributed by atoms with Gasteiger partial charge in [-0.2, -0.15) is 0 Å². The molecule has 8 nitrogen and oxygen atoms in total. The second kappa shape index (κ2) is 6.86. The number of ether oxygens (including phenoxy) is 2. The zero-order valence-corrected chi connectivity index (χ0v) is 17.1. The number of aromatic carboxylic acids is 1. The van der Waals surface area contributed by atoms with Crippen molar-refractivity contribution in [2.24, 2.45) is 4.99 Å². The Morgan fingerprint density at radius 3 is 3.00 bits per heavy atom. The van der Waals surface area contributed by atoms with Gasteiger partial charge in [0.15, 0.2) is 0 Å². The molecule has 1 N–H and O–H groups in total. The Balaban J connectivity index is 1.90. The number of aromatic nitrogens is 1. The number of rotatable bonds is 4. The van der Waals surface area contributed by atoms with Gasteiger partial charge in [-0.3, -0.25) is 14.2 Å². The van der Waals surface area contributed by atoms with Crippen LogP contribution < -0.4 is 15.7 Å². The first-order valence-electron chi connectivity index (χ1n) is 9.36. The topological polar surface area (TPSA) is 92.8 Å². The highest BCUT2D eigenvalue weighted by atomic mass is 32.1. The van der Waals surface area contributed by atoms with Crippen LogP contribution in [0.25, 0.3) is 26.6 Å². The Morgan fingerprint density at radius 2 is 2.30 bits per heavy atom. The van der Waals surface area contributed by atoms with Crippen LogP contribution in [0.3, 0.4) is 0 Å². The predicted octanol–water partition coefficient (Wildman–Crippen LogP) is 1.76. The average Bonchev–Trinajstić information content (AvgIpc) is 3.26. The van der Waals surface area contributed by atoms with Crippen LogP contribution >= 0.6 is 11.3 Å². The van der Waals surface area contributed by atoms with Crippen molar-refractivity contribution in [1.29, 1.82) is 0 Å². The Bertz CT molecular complexity index is 1410. The van der Waals surface area contributed by atoms with Crippen molar-refractivity contribution in [2.45, 2.75) is 6.10 Å². The first kappa shape index (κ1) is 19.2. The number of halogens is 1. The molecule has 4 aromatic rings. The number of carboxylic acid groups (broad SMARTS) is 1. The largest absolute Gasteiger partial charge is 0.477 e. The fraction of sp³-hybridized carbons (Fsp3) is 0.350. The summed E-state index contributed by atoms with van der Waals surface area (Å²) in [5.41, 5.74) is 0.483. The molecule has 1 aliphatic heterocycles. The molecule has 0 spiro atoms. The molecule has 0 amide bonds. The van der Waals surface area contributed by atoms with Crippen molar-refractivity contribution < 1.29 is 23.8 Å². The second-order valence-corrected chi connectivity index (χ2v) is 8.07. The predicted molar refractivity (Wildman–Crippen MR) is 111 cm³/mol. The van der Waals surface area contributed by atoms with E-state index in [2.05, 4.69) is 4.99 Å². The van der Waals surface area contributed by atoms with Crippen LogP contribution in [0.2, 0.25) is 0 Å². The number of thiazole rings is 1. The summed E-state index contributed by atoms with van der Waals surface area (Å²) >= 11 is 1.17. The number of morpholine rings is 1. The van der Waals surface area contributed by atoms with E-state index < -0.39 is 17.2 Å². The van der Waals surface area contributed by atoms with Crippen LogP contribution in [0.4, 0.5) is 10.1 Å². The van der Waals surface area contributed by atoms with Gasteiger partial charge >= 0.3 is 5.97 Å². The number of pyridine rings is 1. The van der Waals surface area contributed by atoms with E-state index in [-0.39, 0.29) is 17.1 Å². The molecule has 0 unspecified atom stereocenters. The van der Waals surface area contributed by atoms with Crippen molar-refractivity contribution >= 4 is 49.6 Å². The molecule has 1 fully saturated rings. The van der Waals surface area contributed by atoms with Gasteiger partial charge in [0.1, 0.15) is 16.2 Å². The highest BCUT2D eigenvalue weighted by molar-refractivity contribution is 7.16. The van der Waals surface area contributed by atoms with Crippen LogP contribution in [0, 0.1) is 5.82 Å². The van der Waals surface area contributed by atoms with Gasteiger partial charge in [0.25, 0.3) is 0 Å². The minimum atomic E-state index is -1.33. The van der Waals surface area contributed by atoms with Crippen LogP contribution in [-0.2, 0) is 9.47 Å². The lowest BCUT2D eigenvalue weighted by Gasteiger charge is -2.34. The molecule has 1 atom stereocenters. The Hall–Kier alpha value is -2.82. The van der Waals surface area contributed by atoms with Gasteiger partial charge in [-0.25, -0.2) is 9.18 Å². The van der Waals surface area contributed by atoms with Crippen molar-refractivity contribution in [2.75, 3.05) is 45.4 Å². The molecule has 0 saturated carbocycles. The number of carboxylic acids is 1. The van der Waals surface area contributed by atoms with E-state index >= 15 is 4.39 Å². The van der Waals surface area contributed by atoms with Gasteiger partial charge in [-0.1, -0.05) is 0 Å². The van der Waals surface area contributed by atoms with Gasteiger partial charge < -0.3 is 19.5 Å². The van der Waals surface area contributed by atoms with Gasteiger partial charge in [-0.05, 0) is 6.07 Å². The lowest BCUT2D eigenvalue weighted by Crippen LogP contribution is -2.45. The number of anilines is 1. The first-order valence-corrected chi connectivity index (χ1v) is 10.2. The summed E-state index contributed by atoms with van der Waals surface area (Å²) < 4.78 is 28.1. The van der Waals surface area contributed by atoms with Gasteiger partial charge in [0.2, 0.25) is 5.43 Å². The molecule has 1 saturated heterocycles. The van der Waals surface area contributed by atoms with Gasteiger partial charge in [0, 0.05) is 32.6 Å². The van der Waals surface area contributed by atoms with Crippen molar-refractivity contribution in [1.82, 2.24) is 4.40 Å². The summed E-state index contributed by atoms with van der Waals surface area (Å²) in [7, 11) is 3.19. The molecule has 3 aromatic heterocycles. The molecule has 10 heteroatoms. The molecule has 1 aromatic carbocycles. The average molecular weight is 431 g/mol. The Kier molecular flexibility index (Phi) is 4.38. The Labute approximate surface area is 173 Å². The third-order valence-corrected chi connectivity index (χ3v) is 6.54. The summed E-state index contributed by atoms with van der Waals surface area (Å²) in [4.78, 5) is 31.4. The van der Waals surface area contributed by atoms with E-state index in [0.29, 0.717) is 58.6 Å². The fourth-order valence-electron chi connectivity index (χ4n) is 4.43. The van der Waals surface area contributed by atoms with Crippen molar-refractivity contribution in [3.05, 3.63) is 38.4 Å². The molecule has 5 rings (SSSR count). The molecule has 4 heterocycles. The quantitative estimate of drug-likeness (QED) is 0.529. The van der Waals surface area contributed by atoms with E-state index in [4.69, 9.17) is 9.47 Å². The monoisotopic (exact) mass is 431 g/mol. The maximum absolute atomic E-state index is 15.5. The van der Waals surface area contributed by atoms with Crippen molar-refractivity contribution in [3.8, 4) is 0 Å². The minimum Gasteiger partial charge on any atom is -0.477 e. The summed E-state index contributed by atoms with van der Waals surface area (Å²) in [6.07, 6.45) is -0.208. The summed E-state index contributed by atoms with van der Waals surface area (Å²) in [5.74, 6) is -1.91. The highest BCUT2D eigenvalue weighted by Crippen LogP contribution is 2.36. The molecular weight excluding hydrogens is 413 g/mol. The SMILES string of the molecule is CN=c1c2c(N3CCO[C@@H](COC)C3)c(F)cc3c(=O)c(C(=O)O)c4scc1n4c32. The van der Waals surface area contributed by atoms with E-state index in [1.165, 1.54) is 11.3 Å². The molecule has 30 heavy (non-hydrogen) atoms. The standard InChI is InChI=1S/C20H18FN3O5S/c1-22-15-12-8-30-19-14(20(26)27)18(25)10-5-11(21)17(13(15)16(10)24(12)19)23-3-4-29-9(6-23)7-28-2/h5,8-9H,3-4,6-7H2,1-2H3,(H,26,27)/t9-/m1/s1. The fourth-order valence-corrected chi connectivity index (χ4v) is 5.47. The zero-order chi connectivity index (χ0) is 21.2. The zero-order valence-electron chi connectivity index (χ0n) is 16.3.